The summed E-state index contributed by atoms with van der Waals surface area (Å²) in [6.07, 6.45) is 1.28. The van der Waals surface area contributed by atoms with Gasteiger partial charge in [0.2, 0.25) is 9.84 Å². The number of benzene rings is 1. The molecule has 0 N–H and O–H groups in total. The van der Waals surface area contributed by atoms with Crippen molar-refractivity contribution in [3.05, 3.63) is 58.2 Å². The number of hydrogen-bond donors (Lipinski definition) is 0. The normalized spacial score (nSPS) is 15.6. The second-order valence-corrected chi connectivity index (χ2v) is 5.77. The van der Waals surface area contributed by atoms with Gasteiger partial charge in [0.25, 0.3) is 5.56 Å². The molecule has 0 fully saturated rings. The van der Waals surface area contributed by atoms with Crippen molar-refractivity contribution >= 4 is 16.0 Å². The van der Waals surface area contributed by atoms with E-state index in [1.807, 2.05) is 30.3 Å². The average molecular weight is 259 g/mol. The highest BCUT2D eigenvalue weighted by atomic mass is 32.2. The summed E-state index contributed by atoms with van der Waals surface area (Å²) >= 11 is 0. The first-order valence-corrected chi connectivity index (χ1v) is 6.88. The molecule has 0 saturated heterocycles. The SMILES string of the molecule is O=c1cc(-c2ccccc2)cc2n1C=CS2(=O)=O. The number of hydrogen-bond acceptors (Lipinski definition) is 3. The third-order valence-corrected chi connectivity index (χ3v) is 4.20. The molecule has 1 aliphatic rings. The Morgan fingerprint density at radius 2 is 1.67 bits per heavy atom. The van der Waals surface area contributed by atoms with Crippen LogP contribution in [0.15, 0.2) is 57.7 Å². The van der Waals surface area contributed by atoms with Gasteiger partial charge in [-0.25, -0.2) is 8.42 Å². The highest BCUT2D eigenvalue weighted by Crippen LogP contribution is 2.24. The fourth-order valence-electron chi connectivity index (χ4n) is 1.93. The van der Waals surface area contributed by atoms with Crippen molar-refractivity contribution in [3.8, 4) is 11.1 Å². The summed E-state index contributed by atoms with van der Waals surface area (Å²) in [6.45, 7) is 0. The van der Waals surface area contributed by atoms with Crippen molar-refractivity contribution in [2.45, 2.75) is 5.03 Å². The quantitative estimate of drug-likeness (QED) is 0.783. The molecule has 0 radical (unpaired) electrons. The molecule has 0 saturated carbocycles. The summed E-state index contributed by atoms with van der Waals surface area (Å²) in [6, 6.07) is 12.2. The minimum Gasteiger partial charge on any atom is -0.273 e. The molecule has 1 aliphatic heterocycles. The lowest BCUT2D eigenvalue weighted by Crippen LogP contribution is -2.16. The number of nitrogens with zero attached hydrogens (tertiary/aromatic N) is 1. The van der Waals surface area contributed by atoms with Crippen molar-refractivity contribution in [3.63, 3.8) is 0 Å². The molecule has 0 amide bonds. The summed E-state index contributed by atoms with van der Waals surface area (Å²) in [5, 5.41) is 1.06. The van der Waals surface area contributed by atoms with E-state index in [2.05, 4.69) is 0 Å². The highest BCUT2D eigenvalue weighted by Gasteiger charge is 2.22. The van der Waals surface area contributed by atoms with E-state index in [9.17, 15) is 13.2 Å². The van der Waals surface area contributed by atoms with Gasteiger partial charge in [-0.05, 0) is 17.2 Å². The molecule has 18 heavy (non-hydrogen) atoms. The zero-order chi connectivity index (χ0) is 12.8. The first-order valence-electron chi connectivity index (χ1n) is 5.33. The third kappa shape index (κ3) is 1.60. The molecule has 0 bridgehead atoms. The van der Waals surface area contributed by atoms with Crippen LogP contribution in [0.1, 0.15) is 0 Å². The molecule has 2 aromatic rings. The standard InChI is InChI=1S/C13H9NO3S/c15-12-8-11(10-4-2-1-3-5-10)9-13-14(12)6-7-18(13,16)17/h1-9H. The van der Waals surface area contributed by atoms with Crippen LogP contribution in [0.3, 0.4) is 0 Å². The van der Waals surface area contributed by atoms with Gasteiger partial charge in [0.1, 0.15) is 5.03 Å². The van der Waals surface area contributed by atoms with Gasteiger partial charge in [-0.3, -0.25) is 9.36 Å². The van der Waals surface area contributed by atoms with Crippen LogP contribution >= 0.6 is 0 Å². The van der Waals surface area contributed by atoms with Crippen LogP contribution in [0.5, 0.6) is 0 Å². The Hall–Kier alpha value is -2.14. The topological polar surface area (TPSA) is 56.1 Å². The van der Waals surface area contributed by atoms with Crippen LogP contribution in [0.25, 0.3) is 17.3 Å². The molecule has 0 spiro atoms. The lowest BCUT2D eigenvalue weighted by molar-refractivity contribution is 0.600. The predicted octanol–water partition coefficient (Wildman–Crippen LogP) is 1.73. The van der Waals surface area contributed by atoms with Gasteiger partial charge in [0, 0.05) is 12.3 Å². The van der Waals surface area contributed by atoms with Crippen molar-refractivity contribution < 1.29 is 8.42 Å². The van der Waals surface area contributed by atoms with Crippen LogP contribution in [-0.2, 0) is 9.84 Å². The molecular weight excluding hydrogens is 250 g/mol. The van der Waals surface area contributed by atoms with E-state index in [-0.39, 0.29) is 10.6 Å². The molecule has 0 aliphatic carbocycles. The number of sulfone groups is 1. The van der Waals surface area contributed by atoms with E-state index in [0.29, 0.717) is 5.56 Å². The van der Waals surface area contributed by atoms with Gasteiger partial charge in [-0.15, -0.1) is 0 Å². The molecule has 2 heterocycles. The minimum absolute atomic E-state index is 0.0221. The Morgan fingerprint density at radius 3 is 2.39 bits per heavy atom. The summed E-state index contributed by atoms with van der Waals surface area (Å²) in [5.41, 5.74) is 1.09. The van der Waals surface area contributed by atoms with E-state index in [0.717, 1.165) is 15.5 Å². The number of aromatic nitrogens is 1. The van der Waals surface area contributed by atoms with E-state index < -0.39 is 9.84 Å². The lowest BCUT2D eigenvalue weighted by Gasteiger charge is -2.05. The van der Waals surface area contributed by atoms with Gasteiger partial charge in [0.05, 0.1) is 5.41 Å². The van der Waals surface area contributed by atoms with Crippen LogP contribution in [-0.4, -0.2) is 13.0 Å². The Morgan fingerprint density at radius 1 is 0.944 bits per heavy atom. The second kappa shape index (κ2) is 3.68. The maximum absolute atomic E-state index is 11.8. The molecule has 5 heteroatoms. The van der Waals surface area contributed by atoms with E-state index in [1.165, 1.54) is 18.3 Å². The summed E-state index contributed by atoms with van der Waals surface area (Å²) in [5.74, 6) is 0. The fourth-order valence-corrected chi connectivity index (χ4v) is 3.07. The monoisotopic (exact) mass is 259 g/mol. The zero-order valence-electron chi connectivity index (χ0n) is 9.28. The largest absolute Gasteiger partial charge is 0.273 e. The molecule has 1 aromatic carbocycles. The van der Waals surface area contributed by atoms with E-state index >= 15 is 0 Å². The Labute approximate surface area is 104 Å². The number of pyridine rings is 1. The van der Waals surface area contributed by atoms with Gasteiger partial charge < -0.3 is 0 Å². The van der Waals surface area contributed by atoms with Gasteiger partial charge in [-0.2, -0.15) is 0 Å². The van der Waals surface area contributed by atoms with Crippen molar-refractivity contribution in [1.29, 1.82) is 0 Å². The van der Waals surface area contributed by atoms with Crippen LogP contribution in [0.4, 0.5) is 0 Å². The molecule has 3 rings (SSSR count). The maximum Gasteiger partial charge on any atom is 0.256 e. The molecule has 90 valence electrons. The van der Waals surface area contributed by atoms with E-state index in [4.69, 9.17) is 0 Å². The smallest absolute Gasteiger partial charge is 0.256 e. The van der Waals surface area contributed by atoms with Gasteiger partial charge in [-0.1, -0.05) is 30.3 Å². The molecule has 0 unspecified atom stereocenters. The summed E-state index contributed by atoms with van der Waals surface area (Å²) in [7, 11) is -3.48. The lowest BCUT2D eigenvalue weighted by atomic mass is 10.1. The Balaban J connectivity index is 2.30. The van der Waals surface area contributed by atoms with Crippen molar-refractivity contribution in [2.75, 3.05) is 0 Å². The third-order valence-electron chi connectivity index (χ3n) is 2.82. The summed E-state index contributed by atoms with van der Waals surface area (Å²) in [4.78, 5) is 11.8. The molecule has 1 aromatic heterocycles. The highest BCUT2D eigenvalue weighted by molar-refractivity contribution is 7.94. The fraction of sp³-hybridized carbons (Fsp3) is 0. The molecule has 0 atom stereocenters. The maximum atomic E-state index is 11.8. The van der Waals surface area contributed by atoms with Crippen LogP contribution < -0.4 is 5.56 Å². The zero-order valence-corrected chi connectivity index (χ0v) is 10.1. The molecule has 4 nitrogen and oxygen atoms in total. The van der Waals surface area contributed by atoms with Crippen molar-refractivity contribution in [2.24, 2.45) is 0 Å². The van der Waals surface area contributed by atoms with Crippen LogP contribution in [0, 0.1) is 0 Å². The first kappa shape index (κ1) is 11.0. The van der Waals surface area contributed by atoms with Gasteiger partial charge in [0.15, 0.2) is 0 Å². The van der Waals surface area contributed by atoms with Gasteiger partial charge >= 0.3 is 0 Å². The predicted molar refractivity (Wildman–Crippen MR) is 68.7 cm³/mol. The second-order valence-electron chi connectivity index (χ2n) is 3.99. The summed E-state index contributed by atoms with van der Waals surface area (Å²) < 4.78 is 24.6. The first-order chi connectivity index (χ1) is 8.58. The van der Waals surface area contributed by atoms with Crippen LogP contribution in [0.2, 0.25) is 0 Å². The Kier molecular flexibility index (Phi) is 2.24. The average Bonchev–Trinajstić information content (AvgIpc) is 2.67. The minimum atomic E-state index is -3.48. The Bertz CT molecular complexity index is 802. The molecular formula is C13H9NO3S. The number of fused-ring (bicyclic) bond motifs is 1. The number of rotatable bonds is 1. The van der Waals surface area contributed by atoms with E-state index in [1.54, 1.807) is 0 Å². The van der Waals surface area contributed by atoms with Crippen molar-refractivity contribution in [1.82, 2.24) is 4.57 Å².